The first-order valence-corrected chi connectivity index (χ1v) is 13.2. The van der Waals surface area contributed by atoms with Crippen molar-refractivity contribution >= 4 is 23.9 Å². The SMILES string of the molecule is C=C(C)C(=O)O.C=C(C)C(=O)O.C=C(C)C(=O)O.CC(C)=C(C)C(=O)O.CCC(CO)(CO)CO.CCC(CO)(CO)CO. The van der Waals surface area contributed by atoms with Crippen LogP contribution in [0.4, 0.5) is 0 Å². The van der Waals surface area contributed by atoms with E-state index in [-0.39, 0.29) is 56.4 Å². The molecule has 0 bridgehead atoms. The highest BCUT2D eigenvalue weighted by atomic mass is 16.4. The van der Waals surface area contributed by atoms with E-state index in [9.17, 15) is 19.2 Å². The number of carboxylic acid groups (broad SMARTS) is 4. The molecule has 0 aliphatic carbocycles. The Morgan fingerprint density at radius 1 is 0.455 bits per heavy atom. The van der Waals surface area contributed by atoms with Crippen molar-refractivity contribution < 1.29 is 70.2 Å². The van der Waals surface area contributed by atoms with Crippen molar-refractivity contribution in [3.8, 4) is 0 Å². The average Bonchev–Trinajstić information content (AvgIpc) is 2.97. The average molecular weight is 641 g/mol. The summed E-state index contributed by atoms with van der Waals surface area (Å²) >= 11 is 0. The maximum Gasteiger partial charge on any atom is 0.331 e. The Morgan fingerprint density at radius 3 is 0.614 bits per heavy atom. The number of aliphatic hydroxyl groups excluding tert-OH is 6. The number of aliphatic carboxylic acids is 4. The molecule has 0 radical (unpaired) electrons. The first-order chi connectivity index (χ1) is 20.0. The lowest BCUT2D eigenvalue weighted by Crippen LogP contribution is -2.32. The molecule has 44 heavy (non-hydrogen) atoms. The van der Waals surface area contributed by atoms with Gasteiger partial charge in [-0.2, -0.15) is 0 Å². The van der Waals surface area contributed by atoms with Gasteiger partial charge in [0.15, 0.2) is 0 Å². The third-order valence-corrected chi connectivity index (χ3v) is 5.68. The Kier molecular flexibility index (Phi) is 37.5. The molecule has 0 spiro atoms. The lowest BCUT2D eigenvalue weighted by atomic mass is 9.88. The first-order valence-electron chi connectivity index (χ1n) is 13.2. The van der Waals surface area contributed by atoms with Crippen LogP contribution in [0.15, 0.2) is 47.6 Å². The molecule has 0 unspecified atom stereocenters. The molecule has 0 aromatic heterocycles. The molecule has 14 heteroatoms. The van der Waals surface area contributed by atoms with Gasteiger partial charge in [0.2, 0.25) is 0 Å². The van der Waals surface area contributed by atoms with E-state index in [4.69, 9.17) is 51.1 Å². The molecular formula is C30H56O14. The molecule has 0 aliphatic rings. The summed E-state index contributed by atoms with van der Waals surface area (Å²) in [6.07, 6.45) is 1.19. The fraction of sp³-hybridized carbons (Fsp3) is 0.600. The molecule has 0 heterocycles. The topological polar surface area (TPSA) is 271 Å². The smallest absolute Gasteiger partial charge is 0.331 e. The minimum Gasteiger partial charge on any atom is -0.478 e. The third-order valence-electron chi connectivity index (χ3n) is 5.68. The van der Waals surface area contributed by atoms with Gasteiger partial charge in [0.25, 0.3) is 0 Å². The number of hydrogen-bond acceptors (Lipinski definition) is 10. The summed E-state index contributed by atoms with van der Waals surface area (Å²) in [5.41, 5.74) is 0.488. The van der Waals surface area contributed by atoms with E-state index in [1.165, 1.54) is 20.8 Å². The van der Waals surface area contributed by atoms with E-state index in [0.717, 1.165) is 5.57 Å². The second-order valence-corrected chi connectivity index (χ2v) is 9.84. The molecule has 10 N–H and O–H groups in total. The van der Waals surface area contributed by atoms with Crippen molar-refractivity contribution in [1.29, 1.82) is 0 Å². The van der Waals surface area contributed by atoms with E-state index < -0.39 is 34.7 Å². The molecule has 0 saturated heterocycles. The van der Waals surface area contributed by atoms with Crippen LogP contribution in [-0.4, -0.2) is 115 Å². The van der Waals surface area contributed by atoms with Gasteiger partial charge in [0, 0.05) is 33.1 Å². The Hall–Kier alpha value is -3.40. The van der Waals surface area contributed by atoms with Gasteiger partial charge in [-0.05, 0) is 54.4 Å². The lowest BCUT2D eigenvalue weighted by molar-refractivity contribution is -0.133. The van der Waals surface area contributed by atoms with Crippen LogP contribution in [0.1, 0.15) is 68.2 Å². The molecule has 0 aromatic carbocycles. The van der Waals surface area contributed by atoms with E-state index >= 15 is 0 Å². The number of carbonyl (C=O) groups is 4. The van der Waals surface area contributed by atoms with Crippen LogP contribution >= 0.6 is 0 Å². The van der Waals surface area contributed by atoms with Crippen LogP contribution in [0.5, 0.6) is 0 Å². The molecule has 14 nitrogen and oxygen atoms in total. The zero-order chi connectivity index (χ0) is 36.9. The number of carboxylic acids is 4. The van der Waals surface area contributed by atoms with E-state index in [2.05, 4.69) is 19.7 Å². The van der Waals surface area contributed by atoms with Crippen LogP contribution in [-0.2, 0) is 19.2 Å². The van der Waals surface area contributed by atoms with Gasteiger partial charge in [-0.1, -0.05) is 39.2 Å². The molecule has 0 aliphatic heterocycles. The number of hydrogen-bond donors (Lipinski definition) is 10. The highest BCUT2D eigenvalue weighted by Gasteiger charge is 2.25. The van der Waals surface area contributed by atoms with Crippen molar-refractivity contribution in [2.45, 2.75) is 68.2 Å². The van der Waals surface area contributed by atoms with Crippen molar-refractivity contribution in [2.24, 2.45) is 10.8 Å². The van der Waals surface area contributed by atoms with Crippen molar-refractivity contribution in [3.05, 3.63) is 47.6 Å². The standard InChI is InChI=1S/2C6H14O3.C6H10O2.3C4H6O2/c2*1-2-6(3-7,4-8)5-9;1-4(2)5(3)6(7)8;3*1-3(2)4(5)6/h2*7-9H,2-5H2,1H3;1-3H3,(H,7,8);3*1H2,2H3,(H,5,6). The van der Waals surface area contributed by atoms with E-state index in [0.29, 0.717) is 18.4 Å². The highest BCUT2D eigenvalue weighted by Crippen LogP contribution is 2.19. The summed E-state index contributed by atoms with van der Waals surface area (Å²) in [6, 6.07) is 0. The first kappa shape index (κ1) is 53.2. The molecule has 0 rings (SSSR count). The summed E-state index contributed by atoms with van der Waals surface area (Å²) in [7, 11) is 0. The third kappa shape index (κ3) is 33.1. The zero-order valence-corrected chi connectivity index (χ0v) is 27.4. The molecule has 0 atom stereocenters. The molecule has 260 valence electrons. The van der Waals surface area contributed by atoms with Gasteiger partial charge in [-0.3, -0.25) is 0 Å². The summed E-state index contributed by atoms with van der Waals surface area (Å²) < 4.78 is 0. The normalized spacial score (nSPS) is 9.50. The quantitative estimate of drug-likeness (QED) is 0.137. The van der Waals surface area contributed by atoms with Gasteiger partial charge >= 0.3 is 23.9 Å². The molecule has 0 aromatic rings. The summed E-state index contributed by atoms with van der Waals surface area (Å²) in [5, 5.41) is 83.9. The molecule has 0 amide bonds. The van der Waals surface area contributed by atoms with Crippen molar-refractivity contribution in [2.75, 3.05) is 39.6 Å². The minimum absolute atomic E-state index is 0.156. The van der Waals surface area contributed by atoms with Crippen LogP contribution in [0.25, 0.3) is 0 Å². The molecule has 0 saturated carbocycles. The van der Waals surface area contributed by atoms with Gasteiger partial charge < -0.3 is 51.1 Å². The summed E-state index contributed by atoms with van der Waals surface area (Å²) in [4.78, 5) is 38.9. The van der Waals surface area contributed by atoms with Crippen molar-refractivity contribution in [1.82, 2.24) is 0 Å². The Labute approximate surface area is 260 Å². The Morgan fingerprint density at radius 2 is 0.614 bits per heavy atom. The number of allylic oxidation sites excluding steroid dienone is 1. The molecular weight excluding hydrogens is 584 g/mol. The van der Waals surface area contributed by atoms with Crippen molar-refractivity contribution in [3.63, 3.8) is 0 Å². The van der Waals surface area contributed by atoms with Gasteiger partial charge in [0.1, 0.15) is 0 Å². The lowest BCUT2D eigenvalue weighted by Gasteiger charge is -2.24. The fourth-order valence-corrected chi connectivity index (χ4v) is 1.18. The van der Waals surface area contributed by atoms with E-state index in [1.807, 2.05) is 13.8 Å². The largest absolute Gasteiger partial charge is 0.478 e. The number of aliphatic hydroxyl groups is 6. The zero-order valence-electron chi connectivity index (χ0n) is 27.4. The maximum atomic E-state index is 10.1. The van der Waals surface area contributed by atoms with Gasteiger partial charge in [0.05, 0.1) is 39.6 Å². The second kappa shape index (κ2) is 31.0. The van der Waals surface area contributed by atoms with E-state index in [1.54, 1.807) is 20.8 Å². The predicted octanol–water partition coefficient (Wildman–Crippen LogP) is 2.09. The van der Waals surface area contributed by atoms with Crippen LogP contribution < -0.4 is 0 Å². The monoisotopic (exact) mass is 640 g/mol. The van der Waals surface area contributed by atoms with Gasteiger partial charge in [-0.15, -0.1) is 0 Å². The predicted molar refractivity (Wildman–Crippen MR) is 167 cm³/mol. The second-order valence-electron chi connectivity index (χ2n) is 9.84. The Balaban J connectivity index is -0.0000000994. The van der Waals surface area contributed by atoms with Gasteiger partial charge in [-0.25, -0.2) is 19.2 Å². The number of rotatable bonds is 12. The summed E-state index contributed by atoms with van der Waals surface area (Å²) in [5.74, 6) is -3.63. The fourth-order valence-electron chi connectivity index (χ4n) is 1.18. The maximum absolute atomic E-state index is 10.1. The van der Waals surface area contributed by atoms with Crippen LogP contribution in [0, 0.1) is 10.8 Å². The minimum atomic E-state index is -0.935. The van der Waals surface area contributed by atoms with Crippen LogP contribution in [0.2, 0.25) is 0 Å². The van der Waals surface area contributed by atoms with Crippen LogP contribution in [0.3, 0.4) is 0 Å². The Bertz CT molecular complexity index is 743. The highest BCUT2D eigenvalue weighted by molar-refractivity contribution is 5.86. The molecule has 0 fully saturated rings. The summed E-state index contributed by atoms with van der Waals surface area (Å²) in [6.45, 7) is 21.7.